The molecular weight excluding hydrogens is 334 g/mol. The zero-order chi connectivity index (χ0) is 17.8. The van der Waals surface area contributed by atoms with Gasteiger partial charge >= 0.3 is 0 Å². The summed E-state index contributed by atoms with van der Waals surface area (Å²) >= 11 is 6.16. The van der Waals surface area contributed by atoms with Crippen molar-refractivity contribution in [2.75, 3.05) is 5.32 Å². The van der Waals surface area contributed by atoms with E-state index in [0.29, 0.717) is 23.6 Å². The number of nitrogens with one attached hydrogen (secondary N) is 2. The number of anilines is 1. The Morgan fingerprint density at radius 2 is 2.04 bits per heavy atom. The summed E-state index contributed by atoms with van der Waals surface area (Å²) in [6.45, 7) is 4.10. The molecule has 5 heteroatoms. The van der Waals surface area contributed by atoms with Crippen LogP contribution in [-0.2, 0) is 17.6 Å². The first kappa shape index (κ1) is 17.5. The molecule has 1 amide bonds. The number of nitrogens with zero attached hydrogens (tertiary/aromatic N) is 1. The molecule has 0 radical (unpaired) electrons. The maximum absolute atomic E-state index is 12.2. The molecule has 4 nitrogen and oxygen atoms in total. The van der Waals surface area contributed by atoms with E-state index >= 15 is 0 Å². The van der Waals surface area contributed by atoms with Gasteiger partial charge in [0.15, 0.2) is 0 Å². The molecule has 0 atom stereocenters. The molecule has 0 saturated carbocycles. The van der Waals surface area contributed by atoms with Crippen molar-refractivity contribution in [3.8, 4) is 0 Å². The van der Waals surface area contributed by atoms with Crippen molar-refractivity contribution in [2.45, 2.75) is 39.5 Å². The molecule has 2 N–H and O–H groups in total. The number of carbonyl (C=O) groups excluding carboxylic acids is 1. The summed E-state index contributed by atoms with van der Waals surface area (Å²) in [5, 5.41) is 3.44. The molecule has 2 aromatic carbocycles. The van der Waals surface area contributed by atoms with Gasteiger partial charge in [0.1, 0.15) is 5.82 Å². The monoisotopic (exact) mass is 355 g/mol. The Bertz CT molecular complexity index is 901. The third-order valence-electron chi connectivity index (χ3n) is 4.12. The average molecular weight is 356 g/mol. The normalized spacial score (nSPS) is 11.0. The number of aromatic amines is 1. The standard InChI is InChI=1S/C20H22ClN3O/c1-3-4-19-22-17-9-6-14(12-18(17)23-19)7-10-20(25)24-16-8-5-13(2)11-15(16)21/h5-6,8-9,11-12H,3-4,7,10H2,1-2H3,(H,22,23)(H,24,25). The molecule has 0 unspecified atom stereocenters. The van der Waals surface area contributed by atoms with Gasteiger partial charge in [-0.1, -0.05) is 30.7 Å². The Labute approximate surface area is 152 Å². The van der Waals surface area contributed by atoms with Crippen molar-refractivity contribution in [3.05, 3.63) is 58.4 Å². The number of aromatic nitrogens is 2. The molecule has 0 fully saturated rings. The SMILES string of the molecule is CCCc1nc2ccc(CCC(=O)Nc3ccc(C)cc3Cl)cc2[nH]1. The van der Waals surface area contributed by atoms with Crippen LogP contribution in [-0.4, -0.2) is 15.9 Å². The molecule has 0 spiro atoms. The minimum absolute atomic E-state index is 0.0397. The van der Waals surface area contributed by atoms with Crippen molar-refractivity contribution < 1.29 is 4.79 Å². The Hall–Kier alpha value is -2.33. The fourth-order valence-electron chi connectivity index (χ4n) is 2.81. The molecular formula is C20H22ClN3O. The number of aryl methyl sites for hydroxylation is 3. The zero-order valence-corrected chi connectivity index (χ0v) is 15.3. The van der Waals surface area contributed by atoms with E-state index in [0.717, 1.165) is 40.8 Å². The molecule has 0 saturated heterocycles. The third-order valence-corrected chi connectivity index (χ3v) is 4.43. The van der Waals surface area contributed by atoms with Gasteiger partial charge in [-0.3, -0.25) is 4.79 Å². The predicted molar refractivity (Wildman–Crippen MR) is 103 cm³/mol. The number of imidazole rings is 1. The largest absolute Gasteiger partial charge is 0.342 e. The van der Waals surface area contributed by atoms with Crippen LogP contribution in [0.4, 0.5) is 5.69 Å². The van der Waals surface area contributed by atoms with E-state index in [1.807, 2.05) is 37.3 Å². The minimum Gasteiger partial charge on any atom is -0.342 e. The van der Waals surface area contributed by atoms with Crippen molar-refractivity contribution in [2.24, 2.45) is 0 Å². The highest BCUT2D eigenvalue weighted by Crippen LogP contribution is 2.23. The number of carbonyl (C=O) groups is 1. The van der Waals surface area contributed by atoms with E-state index in [1.165, 1.54) is 0 Å². The van der Waals surface area contributed by atoms with Gasteiger partial charge in [-0.2, -0.15) is 0 Å². The van der Waals surface area contributed by atoms with Crippen LogP contribution in [0.25, 0.3) is 11.0 Å². The van der Waals surface area contributed by atoms with Gasteiger partial charge in [0, 0.05) is 12.8 Å². The van der Waals surface area contributed by atoms with Crippen molar-refractivity contribution in [1.29, 1.82) is 0 Å². The Morgan fingerprint density at radius 1 is 1.20 bits per heavy atom. The summed E-state index contributed by atoms with van der Waals surface area (Å²) in [5.41, 5.74) is 4.85. The lowest BCUT2D eigenvalue weighted by atomic mass is 10.1. The fraction of sp³-hybridized carbons (Fsp3) is 0.300. The second-order valence-electron chi connectivity index (χ2n) is 6.32. The third kappa shape index (κ3) is 4.40. The van der Waals surface area contributed by atoms with Gasteiger partial charge in [0.25, 0.3) is 0 Å². The molecule has 0 bridgehead atoms. The van der Waals surface area contributed by atoms with Gasteiger partial charge in [0.05, 0.1) is 21.7 Å². The lowest BCUT2D eigenvalue weighted by molar-refractivity contribution is -0.116. The van der Waals surface area contributed by atoms with Crippen molar-refractivity contribution >= 4 is 34.2 Å². The maximum Gasteiger partial charge on any atom is 0.224 e. The van der Waals surface area contributed by atoms with Gasteiger partial charge in [-0.15, -0.1) is 0 Å². The summed E-state index contributed by atoms with van der Waals surface area (Å²) in [7, 11) is 0. The van der Waals surface area contributed by atoms with Crippen molar-refractivity contribution in [3.63, 3.8) is 0 Å². The number of benzene rings is 2. The number of hydrogen-bond donors (Lipinski definition) is 2. The Balaban J connectivity index is 1.62. The quantitative estimate of drug-likeness (QED) is 0.650. The second kappa shape index (κ2) is 7.70. The van der Waals surface area contributed by atoms with Gasteiger partial charge in [-0.25, -0.2) is 4.98 Å². The molecule has 25 heavy (non-hydrogen) atoms. The molecule has 3 rings (SSSR count). The van der Waals surface area contributed by atoms with Crippen LogP contribution in [0.3, 0.4) is 0 Å². The molecule has 0 aliphatic carbocycles. The molecule has 1 aromatic heterocycles. The topological polar surface area (TPSA) is 57.8 Å². The van der Waals surface area contributed by atoms with Crippen LogP contribution < -0.4 is 5.32 Å². The number of halogens is 1. The van der Waals surface area contributed by atoms with E-state index in [4.69, 9.17) is 11.6 Å². The Kier molecular flexibility index (Phi) is 5.39. The number of fused-ring (bicyclic) bond motifs is 1. The highest BCUT2D eigenvalue weighted by Gasteiger charge is 2.08. The molecule has 3 aromatic rings. The number of hydrogen-bond acceptors (Lipinski definition) is 2. The average Bonchev–Trinajstić information content (AvgIpc) is 2.97. The number of amides is 1. The van der Waals surface area contributed by atoms with Crippen LogP contribution in [0, 0.1) is 6.92 Å². The van der Waals surface area contributed by atoms with E-state index in [1.54, 1.807) is 0 Å². The maximum atomic E-state index is 12.2. The first-order valence-electron chi connectivity index (χ1n) is 8.58. The van der Waals surface area contributed by atoms with Gasteiger partial charge < -0.3 is 10.3 Å². The summed E-state index contributed by atoms with van der Waals surface area (Å²) in [5.74, 6) is 0.975. The van der Waals surface area contributed by atoms with E-state index in [2.05, 4.69) is 28.3 Å². The molecule has 1 heterocycles. The fourth-order valence-corrected chi connectivity index (χ4v) is 3.09. The van der Waals surface area contributed by atoms with Crippen LogP contribution >= 0.6 is 11.6 Å². The number of H-pyrrole nitrogens is 1. The summed E-state index contributed by atoms with van der Waals surface area (Å²) in [4.78, 5) is 20.1. The molecule has 0 aliphatic heterocycles. The smallest absolute Gasteiger partial charge is 0.224 e. The molecule has 130 valence electrons. The first-order chi connectivity index (χ1) is 12.0. The van der Waals surface area contributed by atoms with Crippen molar-refractivity contribution in [1.82, 2.24) is 9.97 Å². The van der Waals surface area contributed by atoms with E-state index in [9.17, 15) is 4.79 Å². The Morgan fingerprint density at radius 3 is 2.80 bits per heavy atom. The summed E-state index contributed by atoms with van der Waals surface area (Å²) < 4.78 is 0. The highest BCUT2D eigenvalue weighted by atomic mass is 35.5. The summed E-state index contributed by atoms with van der Waals surface area (Å²) in [6, 6.07) is 11.7. The first-order valence-corrected chi connectivity index (χ1v) is 8.96. The minimum atomic E-state index is -0.0397. The highest BCUT2D eigenvalue weighted by molar-refractivity contribution is 6.33. The van der Waals surface area contributed by atoms with Gasteiger partial charge in [-0.05, 0) is 55.2 Å². The van der Waals surface area contributed by atoms with E-state index < -0.39 is 0 Å². The van der Waals surface area contributed by atoms with Crippen LogP contribution in [0.2, 0.25) is 5.02 Å². The lowest BCUT2D eigenvalue weighted by Crippen LogP contribution is -2.12. The second-order valence-corrected chi connectivity index (χ2v) is 6.72. The van der Waals surface area contributed by atoms with E-state index in [-0.39, 0.29) is 5.91 Å². The lowest BCUT2D eigenvalue weighted by Gasteiger charge is -2.08. The molecule has 0 aliphatic rings. The number of rotatable bonds is 6. The predicted octanol–water partition coefficient (Wildman–Crippen LogP) is 5.05. The van der Waals surface area contributed by atoms with Crippen LogP contribution in [0.5, 0.6) is 0 Å². The van der Waals surface area contributed by atoms with Crippen LogP contribution in [0.15, 0.2) is 36.4 Å². The zero-order valence-electron chi connectivity index (χ0n) is 14.5. The van der Waals surface area contributed by atoms with Gasteiger partial charge in [0.2, 0.25) is 5.91 Å². The summed E-state index contributed by atoms with van der Waals surface area (Å²) in [6.07, 6.45) is 3.09. The van der Waals surface area contributed by atoms with Crippen LogP contribution in [0.1, 0.15) is 36.7 Å².